The van der Waals surface area contributed by atoms with E-state index in [9.17, 15) is 38.7 Å². The molecule has 0 atom stereocenters. The molecule has 0 unspecified atom stereocenters. The first-order chi connectivity index (χ1) is 44.7. The Morgan fingerprint density at radius 3 is 0.848 bits per heavy atom. The number of benzene rings is 7. The molecule has 9 N–H and O–H groups in total. The molecule has 7 rings (SSSR count). The van der Waals surface area contributed by atoms with Gasteiger partial charge in [-0.2, -0.15) is 0 Å². The second kappa shape index (κ2) is 36.5. The van der Waals surface area contributed by atoms with Gasteiger partial charge in [0.25, 0.3) is 35.4 Å². The Hall–Kier alpha value is -10.2. The maximum Gasteiger partial charge on any atom is 0.339 e. The van der Waals surface area contributed by atoms with Gasteiger partial charge >= 0.3 is 5.97 Å². The SMILES string of the molecule is CCCCCCOc1cc(NC(=O)c2ccc(NC(=O)c3ccc(NC(=O)c4ccc(NC(=O)c5ccc(NC(=O)c6ccc(NC(=O)c7ccc(N)cc7OCCCCCC)cc6)cc5OCCCCCC)cc4)cc3OCCCCCC)cc2)ccc1C(=O)O. The van der Waals surface area contributed by atoms with Crippen molar-refractivity contribution in [3.05, 3.63) is 185 Å². The highest BCUT2D eigenvalue weighted by Gasteiger charge is 2.21. The van der Waals surface area contributed by atoms with Crippen LogP contribution in [0.4, 0.5) is 39.8 Å². The van der Waals surface area contributed by atoms with E-state index in [4.69, 9.17) is 24.7 Å². The van der Waals surface area contributed by atoms with Crippen molar-refractivity contribution >= 4 is 81.2 Å². The number of rotatable bonds is 37. The number of unbranched alkanes of at least 4 members (excludes halogenated alkanes) is 12. The quantitative estimate of drug-likeness (QED) is 0.0133. The number of carboxylic acid groups (broad SMARTS) is 1. The molecule has 19 nitrogen and oxygen atoms in total. The molecule has 19 heteroatoms. The van der Waals surface area contributed by atoms with Crippen molar-refractivity contribution in [3.8, 4) is 23.0 Å². The fourth-order valence-electron chi connectivity index (χ4n) is 9.72. The van der Waals surface area contributed by atoms with E-state index in [0.717, 1.165) is 103 Å². The van der Waals surface area contributed by atoms with Crippen LogP contribution in [0.2, 0.25) is 0 Å². The normalized spacial score (nSPS) is 10.8. The van der Waals surface area contributed by atoms with Gasteiger partial charge < -0.3 is 61.7 Å². The number of nitrogens with one attached hydrogen (secondary N) is 6. The van der Waals surface area contributed by atoms with Crippen molar-refractivity contribution < 1.29 is 57.6 Å². The summed E-state index contributed by atoms with van der Waals surface area (Å²) < 4.78 is 24.1. The molecule has 0 bridgehead atoms. The first kappa shape index (κ1) is 69.3. The summed E-state index contributed by atoms with van der Waals surface area (Å²) in [7, 11) is 0. The second-order valence-electron chi connectivity index (χ2n) is 22.3. The van der Waals surface area contributed by atoms with E-state index < -0.39 is 35.5 Å². The van der Waals surface area contributed by atoms with Crippen LogP contribution < -0.4 is 56.6 Å². The van der Waals surface area contributed by atoms with Gasteiger partial charge in [0.05, 0.1) is 43.1 Å². The molecule has 7 aromatic rings. The fraction of sp³-hybridized carbons (Fsp3) is 0.329. The Balaban J connectivity index is 0.960. The van der Waals surface area contributed by atoms with Crippen molar-refractivity contribution in [1.82, 2.24) is 0 Å². The lowest BCUT2D eigenvalue weighted by Crippen LogP contribution is -2.17. The van der Waals surface area contributed by atoms with Crippen molar-refractivity contribution in [2.75, 3.05) is 64.1 Å². The van der Waals surface area contributed by atoms with E-state index in [1.807, 2.05) is 0 Å². The van der Waals surface area contributed by atoms with Crippen molar-refractivity contribution in [1.29, 1.82) is 0 Å². The van der Waals surface area contributed by atoms with Crippen LogP contribution in [0.5, 0.6) is 23.0 Å². The molecule has 0 spiro atoms. The van der Waals surface area contributed by atoms with Crippen LogP contribution >= 0.6 is 0 Å². The lowest BCUT2D eigenvalue weighted by Gasteiger charge is -2.15. The predicted molar refractivity (Wildman–Crippen MR) is 363 cm³/mol. The Bertz CT molecular complexity index is 3610. The zero-order valence-electron chi connectivity index (χ0n) is 53.0. The molecule has 0 aliphatic carbocycles. The highest BCUT2D eigenvalue weighted by Crippen LogP contribution is 2.31. The number of nitrogens with two attached hydrogens (primary N) is 1. The smallest absolute Gasteiger partial charge is 0.339 e. The molecule has 0 aromatic heterocycles. The van der Waals surface area contributed by atoms with Crippen LogP contribution in [0.1, 0.15) is 203 Å². The molecule has 0 aliphatic heterocycles. The number of anilines is 7. The topological polar surface area (TPSA) is 275 Å². The second-order valence-corrected chi connectivity index (χ2v) is 22.3. The molecule has 0 saturated carbocycles. The maximum absolute atomic E-state index is 13.9. The minimum absolute atomic E-state index is 0.00471. The minimum atomic E-state index is -1.14. The monoisotopic (exact) mass is 1250 g/mol. The third-order valence-corrected chi connectivity index (χ3v) is 14.9. The van der Waals surface area contributed by atoms with E-state index in [1.54, 1.807) is 127 Å². The Morgan fingerprint density at radius 1 is 0.304 bits per heavy atom. The summed E-state index contributed by atoms with van der Waals surface area (Å²) in [6.07, 6.45) is 15.4. The average Bonchev–Trinajstić information content (AvgIpc) is 0.993. The predicted octanol–water partition coefficient (Wildman–Crippen LogP) is 16.3. The van der Waals surface area contributed by atoms with Crippen molar-refractivity contribution in [2.45, 2.75) is 130 Å². The van der Waals surface area contributed by atoms with Crippen LogP contribution in [-0.2, 0) is 0 Å². The summed E-state index contributed by atoms with van der Waals surface area (Å²) in [5, 5.41) is 26.9. The zero-order valence-corrected chi connectivity index (χ0v) is 53.0. The van der Waals surface area contributed by atoms with Crippen LogP contribution in [0.15, 0.2) is 146 Å². The molecule has 0 aliphatic rings. The third kappa shape index (κ3) is 21.5. The van der Waals surface area contributed by atoms with Crippen LogP contribution in [0, 0.1) is 0 Å². The van der Waals surface area contributed by atoms with Crippen LogP contribution in [-0.4, -0.2) is 72.9 Å². The third-order valence-electron chi connectivity index (χ3n) is 14.9. The Morgan fingerprint density at radius 2 is 0.554 bits per heavy atom. The largest absolute Gasteiger partial charge is 0.493 e. The molecule has 0 heterocycles. The lowest BCUT2D eigenvalue weighted by atomic mass is 10.1. The van der Waals surface area contributed by atoms with E-state index in [2.05, 4.69) is 59.6 Å². The van der Waals surface area contributed by atoms with Gasteiger partial charge in [-0.25, -0.2) is 4.79 Å². The van der Waals surface area contributed by atoms with Gasteiger partial charge in [-0.05, 0) is 147 Å². The summed E-state index contributed by atoms with van der Waals surface area (Å²) in [5.41, 5.74) is 10.6. The number of ether oxygens (including phenoxy) is 4. The molecule has 92 heavy (non-hydrogen) atoms. The van der Waals surface area contributed by atoms with E-state index in [-0.39, 0.29) is 45.4 Å². The maximum atomic E-state index is 13.9. The van der Waals surface area contributed by atoms with Gasteiger partial charge in [0.15, 0.2) is 0 Å². The summed E-state index contributed by atoms with van der Waals surface area (Å²) >= 11 is 0. The summed E-state index contributed by atoms with van der Waals surface area (Å²) in [5.74, 6) is -2.73. The van der Waals surface area contributed by atoms with Gasteiger partial charge in [0, 0.05) is 80.8 Å². The van der Waals surface area contributed by atoms with Gasteiger partial charge in [0.2, 0.25) is 0 Å². The average molecular weight is 1250 g/mol. The standard InChI is InChI=1S/C73H85N7O12/c1-5-9-13-17-41-89-63-45-52(74)27-37-59(63)70(84)75-53-28-21-49(22-29-53)67(81)78-56-34-38-60(64(46-56)90-42-18-14-10-6-2)71(85)76-54-30-23-50(24-31-54)68(82)79-57-35-39-61(65(47-57)91-43-19-15-11-7-3)72(86)77-55-32-25-51(26-33-55)69(83)80-58-36-40-62(73(87)88)66(48-58)92-44-20-16-12-8-4/h21-40,45-48H,5-20,41-44,74H2,1-4H3,(H,75,84)(H,76,85)(H,77,86)(H,78,81)(H,79,82)(H,80,83)(H,87,88). The highest BCUT2D eigenvalue weighted by molar-refractivity contribution is 6.11. The first-order valence-electron chi connectivity index (χ1n) is 31.9. The van der Waals surface area contributed by atoms with Crippen molar-refractivity contribution in [2.24, 2.45) is 0 Å². The number of carbonyl (C=O) groups is 7. The number of hydrogen-bond donors (Lipinski definition) is 8. The molecule has 484 valence electrons. The van der Waals surface area contributed by atoms with Crippen LogP contribution in [0.25, 0.3) is 0 Å². The molecular formula is C73H85N7O12. The minimum Gasteiger partial charge on any atom is -0.493 e. The van der Waals surface area contributed by atoms with E-state index in [1.165, 1.54) is 18.2 Å². The number of amides is 6. The first-order valence-corrected chi connectivity index (χ1v) is 31.9. The summed E-state index contributed by atoms with van der Waals surface area (Å²) in [6, 6.07) is 37.9. The lowest BCUT2D eigenvalue weighted by molar-refractivity contribution is 0.0690. The van der Waals surface area contributed by atoms with Gasteiger partial charge in [0.1, 0.15) is 28.6 Å². The highest BCUT2D eigenvalue weighted by atomic mass is 16.5. The van der Waals surface area contributed by atoms with Gasteiger partial charge in [-0.3, -0.25) is 28.8 Å². The Labute approximate surface area is 538 Å². The van der Waals surface area contributed by atoms with E-state index >= 15 is 0 Å². The number of carboxylic acids is 1. The molecule has 0 radical (unpaired) electrons. The van der Waals surface area contributed by atoms with Gasteiger partial charge in [-0.15, -0.1) is 0 Å². The van der Waals surface area contributed by atoms with Crippen molar-refractivity contribution in [3.63, 3.8) is 0 Å². The number of hydrogen-bond acceptors (Lipinski definition) is 12. The summed E-state index contributed by atoms with van der Waals surface area (Å²) in [4.78, 5) is 93.6. The number of carbonyl (C=O) groups excluding carboxylic acids is 6. The number of aromatic carboxylic acids is 1. The fourth-order valence-corrected chi connectivity index (χ4v) is 9.72. The zero-order chi connectivity index (χ0) is 65.6. The summed E-state index contributed by atoms with van der Waals surface area (Å²) in [6.45, 7) is 9.94. The van der Waals surface area contributed by atoms with Gasteiger partial charge in [-0.1, -0.05) is 105 Å². The molecule has 6 amide bonds. The molecule has 0 fully saturated rings. The molecule has 0 saturated heterocycles. The number of nitrogen functional groups attached to an aromatic ring is 1. The molecular weight excluding hydrogens is 1170 g/mol. The van der Waals surface area contributed by atoms with Crippen LogP contribution in [0.3, 0.4) is 0 Å². The molecule has 7 aromatic carbocycles. The Kier molecular flexibility index (Phi) is 27.5. The van der Waals surface area contributed by atoms with E-state index in [0.29, 0.717) is 88.7 Å².